The molecule has 0 bridgehead atoms. The van der Waals surface area contributed by atoms with Crippen molar-refractivity contribution >= 4 is 17.5 Å². The fraction of sp³-hybridized carbons (Fsp3) is 0.619. The number of aryl methyl sites for hydroxylation is 1. The standard InChI is InChI=1S/C21H31N3O2/c1-15-14-17(21(26)23-18-4-2-3-5-18)7-8-19(15)24-20(25)9-6-16-10-12-22-13-11-16/h7-8,14,16,18,22H,2-6,9-13H2,1H3,(H,23,26)(H,24,25). The van der Waals surface area contributed by atoms with Gasteiger partial charge >= 0.3 is 0 Å². The van der Waals surface area contributed by atoms with Gasteiger partial charge in [-0.1, -0.05) is 12.8 Å². The Labute approximate surface area is 156 Å². The minimum atomic E-state index is -0.0104. The largest absolute Gasteiger partial charge is 0.349 e. The fourth-order valence-electron chi connectivity index (χ4n) is 4.00. The Kier molecular flexibility index (Phi) is 6.67. The molecule has 1 aliphatic carbocycles. The lowest BCUT2D eigenvalue weighted by atomic mass is 9.93. The van der Waals surface area contributed by atoms with Crippen molar-refractivity contribution < 1.29 is 9.59 Å². The molecule has 0 radical (unpaired) electrons. The Morgan fingerprint density at radius 2 is 1.85 bits per heavy atom. The van der Waals surface area contributed by atoms with E-state index in [0.717, 1.165) is 56.4 Å². The van der Waals surface area contributed by atoms with Gasteiger partial charge in [-0.15, -0.1) is 0 Å². The molecular weight excluding hydrogens is 326 g/mol. The highest BCUT2D eigenvalue weighted by Gasteiger charge is 2.19. The number of piperidine rings is 1. The average molecular weight is 357 g/mol. The van der Waals surface area contributed by atoms with Gasteiger partial charge in [-0.05, 0) is 81.8 Å². The number of anilines is 1. The maximum Gasteiger partial charge on any atom is 0.251 e. The molecule has 0 atom stereocenters. The summed E-state index contributed by atoms with van der Waals surface area (Å²) in [6.07, 6.45) is 8.40. The minimum Gasteiger partial charge on any atom is -0.349 e. The molecule has 2 amide bonds. The van der Waals surface area contributed by atoms with Gasteiger partial charge in [0.15, 0.2) is 0 Å². The Balaban J connectivity index is 1.50. The van der Waals surface area contributed by atoms with Crippen molar-refractivity contribution in [2.75, 3.05) is 18.4 Å². The molecular formula is C21H31N3O2. The van der Waals surface area contributed by atoms with Crippen molar-refractivity contribution in [3.05, 3.63) is 29.3 Å². The molecule has 1 aromatic carbocycles. The van der Waals surface area contributed by atoms with Crippen molar-refractivity contribution in [3.63, 3.8) is 0 Å². The SMILES string of the molecule is Cc1cc(C(=O)NC2CCCC2)ccc1NC(=O)CCC1CCNCC1. The molecule has 3 N–H and O–H groups in total. The van der Waals surface area contributed by atoms with Gasteiger partial charge in [-0.3, -0.25) is 9.59 Å². The number of hydrogen-bond donors (Lipinski definition) is 3. The van der Waals surface area contributed by atoms with Gasteiger partial charge in [-0.25, -0.2) is 0 Å². The summed E-state index contributed by atoms with van der Waals surface area (Å²) >= 11 is 0. The van der Waals surface area contributed by atoms with Crippen LogP contribution in [0, 0.1) is 12.8 Å². The lowest BCUT2D eigenvalue weighted by Gasteiger charge is -2.22. The normalized spacial score (nSPS) is 18.7. The van der Waals surface area contributed by atoms with Crippen molar-refractivity contribution in [2.24, 2.45) is 5.92 Å². The number of amides is 2. The number of hydrogen-bond acceptors (Lipinski definition) is 3. The molecule has 0 spiro atoms. The quantitative estimate of drug-likeness (QED) is 0.731. The highest BCUT2D eigenvalue weighted by atomic mass is 16.2. The van der Waals surface area contributed by atoms with Gasteiger partial charge in [0, 0.05) is 23.7 Å². The fourth-order valence-corrected chi connectivity index (χ4v) is 4.00. The lowest BCUT2D eigenvalue weighted by molar-refractivity contribution is -0.116. The first-order valence-corrected chi connectivity index (χ1v) is 10.0. The first-order chi connectivity index (χ1) is 12.6. The molecule has 2 aliphatic rings. The number of benzene rings is 1. The van der Waals surface area contributed by atoms with E-state index in [1.165, 1.54) is 12.8 Å². The van der Waals surface area contributed by atoms with Crippen LogP contribution < -0.4 is 16.0 Å². The second-order valence-corrected chi connectivity index (χ2v) is 7.76. The van der Waals surface area contributed by atoms with Crippen LogP contribution in [-0.2, 0) is 4.79 Å². The van der Waals surface area contributed by atoms with Crippen molar-refractivity contribution in [1.29, 1.82) is 0 Å². The molecule has 5 nitrogen and oxygen atoms in total. The predicted octanol–water partition coefficient (Wildman–Crippen LogP) is 3.39. The van der Waals surface area contributed by atoms with E-state index in [-0.39, 0.29) is 11.8 Å². The average Bonchev–Trinajstić information content (AvgIpc) is 3.15. The second-order valence-electron chi connectivity index (χ2n) is 7.76. The summed E-state index contributed by atoms with van der Waals surface area (Å²) in [4.78, 5) is 24.6. The summed E-state index contributed by atoms with van der Waals surface area (Å²) in [7, 11) is 0. The van der Waals surface area contributed by atoms with Gasteiger partial charge in [0.1, 0.15) is 0 Å². The Bertz CT molecular complexity index is 632. The van der Waals surface area contributed by atoms with E-state index in [4.69, 9.17) is 0 Å². The number of carbonyl (C=O) groups is 2. The highest BCUT2D eigenvalue weighted by Crippen LogP contribution is 2.21. The van der Waals surface area contributed by atoms with Crippen molar-refractivity contribution in [3.8, 4) is 0 Å². The number of nitrogens with one attached hydrogen (secondary N) is 3. The number of carbonyl (C=O) groups excluding carboxylic acids is 2. The molecule has 1 saturated carbocycles. The molecule has 0 aromatic heterocycles. The number of rotatable bonds is 6. The topological polar surface area (TPSA) is 70.2 Å². The zero-order chi connectivity index (χ0) is 18.4. The molecule has 3 rings (SSSR count). The summed E-state index contributed by atoms with van der Waals surface area (Å²) in [5.41, 5.74) is 2.40. The smallest absolute Gasteiger partial charge is 0.251 e. The van der Waals surface area contributed by atoms with E-state index in [2.05, 4.69) is 16.0 Å². The molecule has 0 unspecified atom stereocenters. The predicted molar refractivity (Wildman–Crippen MR) is 104 cm³/mol. The molecule has 5 heteroatoms. The van der Waals surface area contributed by atoms with E-state index in [1.807, 2.05) is 19.1 Å². The Hall–Kier alpha value is -1.88. The van der Waals surface area contributed by atoms with Crippen LogP contribution in [0.15, 0.2) is 18.2 Å². The van der Waals surface area contributed by atoms with Crippen LogP contribution in [0.2, 0.25) is 0 Å². The van der Waals surface area contributed by atoms with Crippen LogP contribution in [0.3, 0.4) is 0 Å². The molecule has 1 aliphatic heterocycles. The maximum atomic E-state index is 12.4. The van der Waals surface area contributed by atoms with Crippen LogP contribution in [-0.4, -0.2) is 30.9 Å². The van der Waals surface area contributed by atoms with Gasteiger partial charge in [-0.2, -0.15) is 0 Å². The summed E-state index contributed by atoms with van der Waals surface area (Å²) in [5.74, 6) is 0.711. The zero-order valence-corrected chi connectivity index (χ0v) is 15.8. The molecule has 2 fully saturated rings. The molecule has 1 aromatic rings. The van der Waals surface area contributed by atoms with Crippen LogP contribution in [0.25, 0.3) is 0 Å². The van der Waals surface area contributed by atoms with Crippen LogP contribution >= 0.6 is 0 Å². The highest BCUT2D eigenvalue weighted by molar-refractivity contribution is 5.96. The van der Waals surface area contributed by atoms with E-state index in [1.54, 1.807) is 6.07 Å². The summed E-state index contributed by atoms with van der Waals surface area (Å²) < 4.78 is 0. The first-order valence-electron chi connectivity index (χ1n) is 10.0. The van der Waals surface area contributed by atoms with Crippen molar-refractivity contribution in [1.82, 2.24) is 10.6 Å². The summed E-state index contributed by atoms with van der Waals surface area (Å²) in [6.45, 7) is 4.07. The molecule has 26 heavy (non-hydrogen) atoms. The third-order valence-corrected chi connectivity index (χ3v) is 5.69. The zero-order valence-electron chi connectivity index (χ0n) is 15.8. The van der Waals surface area contributed by atoms with Crippen molar-refractivity contribution in [2.45, 2.75) is 64.3 Å². The second kappa shape index (κ2) is 9.17. The van der Waals surface area contributed by atoms with Crippen LogP contribution in [0.4, 0.5) is 5.69 Å². The first kappa shape index (κ1) is 18.9. The molecule has 142 valence electrons. The van der Waals surface area contributed by atoms with Gasteiger partial charge in [0.05, 0.1) is 0 Å². The van der Waals surface area contributed by atoms with Gasteiger partial charge < -0.3 is 16.0 Å². The lowest BCUT2D eigenvalue weighted by Crippen LogP contribution is -2.32. The van der Waals surface area contributed by atoms with E-state index in [0.29, 0.717) is 23.9 Å². The van der Waals surface area contributed by atoms with Gasteiger partial charge in [0.2, 0.25) is 5.91 Å². The monoisotopic (exact) mass is 357 g/mol. The van der Waals surface area contributed by atoms with Crippen LogP contribution in [0.5, 0.6) is 0 Å². The Morgan fingerprint density at radius 3 is 2.54 bits per heavy atom. The van der Waals surface area contributed by atoms with E-state index >= 15 is 0 Å². The Morgan fingerprint density at radius 1 is 1.12 bits per heavy atom. The molecule has 1 heterocycles. The van der Waals surface area contributed by atoms with Crippen LogP contribution in [0.1, 0.15) is 67.3 Å². The van der Waals surface area contributed by atoms with E-state index < -0.39 is 0 Å². The third-order valence-electron chi connectivity index (χ3n) is 5.69. The minimum absolute atomic E-state index is 0.0104. The summed E-state index contributed by atoms with van der Waals surface area (Å²) in [6, 6.07) is 5.84. The van der Waals surface area contributed by atoms with E-state index in [9.17, 15) is 9.59 Å². The maximum absolute atomic E-state index is 12.4. The third kappa shape index (κ3) is 5.31. The van der Waals surface area contributed by atoms with Gasteiger partial charge in [0.25, 0.3) is 5.91 Å². The summed E-state index contributed by atoms with van der Waals surface area (Å²) in [5, 5.41) is 9.46. The molecule has 1 saturated heterocycles.